The van der Waals surface area contributed by atoms with Crippen LogP contribution in [0, 0.1) is 5.82 Å². The Hall–Kier alpha value is -3.87. The van der Waals surface area contributed by atoms with Gasteiger partial charge in [-0.15, -0.1) is 0 Å². The number of carbonyl (C=O) groups excluding carboxylic acids is 2. The molecule has 0 spiro atoms. The lowest BCUT2D eigenvalue weighted by Crippen LogP contribution is -2.28. The number of rotatable bonds is 9. The number of carbonyl (C=O) groups is 2. The van der Waals surface area contributed by atoms with Gasteiger partial charge < -0.3 is 20.7 Å². The molecular formula is C24H24FN3O3. The molecule has 0 atom stereocenters. The van der Waals surface area contributed by atoms with Crippen molar-refractivity contribution < 1.29 is 18.7 Å². The van der Waals surface area contributed by atoms with Gasteiger partial charge in [-0.1, -0.05) is 24.3 Å². The number of hydrogen-bond acceptors (Lipinski definition) is 4. The van der Waals surface area contributed by atoms with Crippen LogP contribution in [0.2, 0.25) is 0 Å². The van der Waals surface area contributed by atoms with E-state index in [-0.39, 0.29) is 24.2 Å². The van der Waals surface area contributed by atoms with Crippen molar-refractivity contribution in [1.82, 2.24) is 5.32 Å². The molecule has 0 radical (unpaired) electrons. The minimum absolute atomic E-state index is 0.0148. The van der Waals surface area contributed by atoms with Gasteiger partial charge in [0.25, 0.3) is 5.91 Å². The van der Waals surface area contributed by atoms with Crippen LogP contribution in [-0.4, -0.2) is 32.0 Å². The van der Waals surface area contributed by atoms with E-state index in [0.29, 0.717) is 29.9 Å². The largest absolute Gasteiger partial charge is 0.497 e. The highest BCUT2D eigenvalue weighted by atomic mass is 19.1. The van der Waals surface area contributed by atoms with E-state index < -0.39 is 0 Å². The topological polar surface area (TPSA) is 79.5 Å². The van der Waals surface area contributed by atoms with Crippen LogP contribution in [0.1, 0.15) is 15.9 Å². The van der Waals surface area contributed by atoms with Gasteiger partial charge in [-0.2, -0.15) is 0 Å². The fourth-order valence-corrected chi connectivity index (χ4v) is 2.94. The number of nitrogens with one attached hydrogen (secondary N) is 3. The SMILES string of the molecule is COc1ccc(CCNC(=O)c2ccccc2NC(=O)CNc2ccc(F)cc2)cc1. The number of para-hydroxylation sites is 1. The Labute approximate surface area is 180 Å². The molecule has 0 saturated heterocycles. The predicted octanol–water partition coefficient (Wildman–Crippen LogP) is 3.86. The number of benzene rings is 3. The number of hydrogen-bond donors (Lipinski definition) is 3. The van der Waals surface area contributed by atoms with Crippen LogP contribution in [-0.2, 0) is 11.2 Å². The van der Waals surface area contributed by atoms with Crippen LogP contribution in [0.15, 0.2) is 72.8 Å². The average Bonchev–Trinajstić information content (AvgIpc) is 2.79. The number of anilines is 2. The van der Waals surface area contributed by atoms with Gasteiger partial charge in [0.05, 0.1) is 24.9 Å². The van der Waals surface area contributed by atoms with Crippen molar-refractivity contribution in [2.75, 3.05) is 30.8 Å². The summed E-state index contributed by atoms with van der Waals surface area (Å²) in [7, 11) is 1.62. The van der Waals surface area contributed by atoms with Crippen LogP contribution in [0.4, 0.5) is 15.8 Å². The van der Waals surface area contributed by atoms with E-state index in [2.05, 4.69) is 16.0 Å². The zero-order chi connectivity index (χ0) is 22.1. The maximum absolute atomic E-state index is 13.0. The Bertz CT molecular complexity index is 1020. The maximum Gasteiger partial charge on any atom is 0.253 e. The molecule has 0 unspecified atom stereocenters. The zero-order valence-corrected chi connectivity index (χ0v) is 17.2. The van der Waals surface area contributed by atoms with E-state index in [1.165, 1.54) is 12.1 Å². The van der Waals surface area contributed by atoms with Crippen molar-refractivity contribution in [1.29, 1.82) is 0 Å². The molecule has 6 nitrogen and oxygen atoms in total. The molecule has 0 aliphatic carbocycles. The smallest absolute Gasteiger partial charge is 0.253 e. The Morgan fingerprint density at radius 1 is 0.935 bits per heavy atom. The first-order valence-electron chi connectivity index (χ1n) is 9.84. The molecule has 0 heterocycles. The van der Waals surface area contributed by atoms with E-state index in [1.807, 2.05) is 24.3 Å². The molecular weight excluding hydrogens is 397 g/mol. The highest BCUT2D eigenvalue weighted by Gasteiger charge is 2.13. The monoisotopic (exact) mass is 421 g/mol. The minimum atomic E-state index is -0.345. The average molecular weight is 421 g/mol. The highest BCUT2D eigenvalue weighted by Crippen LogP contribution is 2.16. The first-order valence-corrected chi connectivity index (χ1v) is 9.84. The molecule has 0 bridgehead atoms. The van der Waals surface area contributed by atoms with E-state index in [4.69, 9.17) is 4.74 Å². The summed E-state index contributed by atoms with van der Waals surface area (Å²) in [5, 5.41) is 8.54. The van der Waals surface area contributed by atoms with Gasteiger partial charge in [0.1, 0.15) is 11.6 Å². The van der Waals surface area contributed by atoms with Gasteiger partial charge in [0, 0.05) is 12.2 Å². The minimum Gasteiger partial charge on any atom is -0.497 e. The Balaban J connectivity index is 1.52. The van der Waals surface area contributed by atoms with Gasteiger partial charge >= 0.3 is 0 Å². The summed E-state index contributed by atoms with van der Waals surface area (Å²) in [5.41, 5.74) is 2.51. The third kappa shape index (κ3) is 6.57. The van der Waals surface area contributed by atoms with Gasteiger partial charge in [-0.05, 0) is 60.5 Å². The molecule has 3 aromatic rings. The second kappa shape index (κ2) is 10.8. The number of ether oxygens (including phenoxy) is 1. The maximum atomic E-state index is 13.0. The summed E-state index contributed by atoms with van der Waals surface area (Å²) in [6, 6.07) is 20.2. The quantitative estimate of drug-likeness (QED) is 0.490. The van der Waals surface area contributed by atoms with Crippen molar-refractivity contribution in [2.45, 2.75) is 6.42 Å². The van der Waals surface area contributed by atoms with E-state index in [9.17, 15) is 14.0 Å². The van der Waals surface area contributed by atoms with E-state index in [0.717, 1.165) is 11.3 Å². The molecule has 0 saturated carbocycles. The van der Waals surface area contributed by atoms with Crippen molar-refractivity contribution in [3.05, 3.63) is 89.7 Å². The molecule has 0 aliphatic heterocycles. The van der Waals surface area contributed by atoms with Crippen molar-refractivity contribution in [3.63, 3.8) is 0 Å². The van der Waals surface area contributed by atoms with Crippen molar-refractivity contribution >= 4 is 23.2 Å². The molecule has 0 fully saturated rings. The van der Waals surface area contributed by atoms with Crippen LogP contribution >= 0.6 is 0 Å². The standard InChI is InChI=1S/C24H24FN3O3/c1-31-20-12-6-17(7-13-20)14-15-26-24(30)21-4-2-3-5-22(21)28-23(29)16-27-19-10-8-18(25)9-11-19/h2-13,27H,14-16H2,1H3,(H,26,30)(H,28,29). The lowest BCUT2D eigenvalue weighted by Gasteiger charge is -2.12. The molecule has 7 heteroatoms. The molecule has 0 aromatic heterocycles. The third-order valence-electron chi connectivity index (χ3n) is 4.60. The normalized spacial score (nSPS) is 10.3. The van der Waals surface area contributed by atoms with Crippen molar-refractivity contribution in [2.24, 2.45) is 0 Å². The number of halogens is 1. The Morgan fingerprint density at radius 3 is 2.35 bits per heavy atom. The second-order valence-corrected chi connectivity index (χ2v) is 6.81. The van der Waals surface area contributed by atoms with Crippen LogP contribution in [0.3, 0.4) is 0 Å². The summed E-state index contributed by atoms with van der Waals surface area (Å²) in [6.45, 7) is 0.443. The second-order valence-electron chi connectivity index (χ2n) is 6.81. The van der Waals surface area contributed by atoms with Gasteiger partial charge in [-0.3, -0.25) is 9.59 Å². The molecule has 3 N–H and O–H groups in total. The summed E-state index contributed by atoms with van der Waals surface area (Å²) >= 11 is 0. The molecule has 3 rings (SSSR count). The fraction of sp³-hybridized carbons (Fsp3) is 0.167. The number of amides is 2. The summed E-state index contributed by atoms with van der Waals surface area (Å²) in [4.78, 5) is 24.9. The first kappa shape index (κ1) is 21.8. The third-order valence-corrected chi connectivity index (χ3v) is 4.60. The van der Waals surface area contributed by atoms with Gasteiger partial charge in [0.15, 0.2) is 0 Å². The van der Waals surface area contributed by atoms with Crippen LogP contribution in [0.5, 0.6) is 5.75 Å². The summed E-state index contributed by atoms with van der Waals surface area (Å²) < 4.78 is 18.1. The number of methoxy groups -OCH3 is 1. The van der Waals surface area contributed by atoms with E-state index >= 15 is 0 Å². The Kier molecular flexibility index (Phi) is 7.59. The highest BCUT2D eigenvalue weighted by molar-refractivity contribution is 6.04. The summed E-state index contributed by atoms with van der Waals surface area (Å²) in [5.74, 6) is -0.146. The lowest BCUT2D eigenvalue weighted by molar-refractivity contribution is -0.114. The lowest BCUT2D eigenvalue weighted by atomic mass is 10.1. The van der Waals surface area contributed by atoms with Crippen LogP contribution in [0.25, 0.3) is 0 Å². The zero-order valence-electron chi connectivity index (χ0n) is 17.2. The van der Waals surface area contributed by atoms with Gasteiger partial charge in [-0.25, -0.2) is 4.39 Å². The molecule has 0 aliphatic rings. The predicted molar refractivity (Wildman–Crippen MR) is 119 cm³/mol. The van der Waals surface area contributed by atoms with Gasteiger partial charge in [0.2, 0.25) is 5.91 Å². The first-order chi connectivity index (χ1) is 15.0. The molecule has 31 heavy (non-hydrogen) atoms. The molecule has 160 valence electrons. The van der Waals surface area contributed by atoms with E-state index in [1.54, 1.807) is 43.5 Å². The van der Waals surface area contributed by atoms with Crippen LogP contribution < -0.4 is 20.7 Å². The Morgan fingerprint density at radius 2 is 1.65 bits per heavy atom. The molecule has 2 amide bonds. The molecule has 3 aromatic carbocycles. The summed E-state index contributed by atoms with van der Waals surface area (Å²) in [6.07, 6.45) is 0.672. The fourth-order valence-electron chi connectivity index (χ4n) is 2.94. The van der Waals surface area contributed by atoms with Crippen molar-refractivity contribution in [3.8, 4) is 5.75 Å².